The number of nitrogens with zero attached hydrogens (tertiary/aromatic N) is 2. The van der Waals surface area contributed by atoms with E-state index >= 15 is 0 Å². The smallest absolute Gasteiger partial charge is 0.250 e. The molecule has 3 aliphatic rings. The fourth-order valence-electron chi connectivity index (χ4n) is 7.34. The van der Waals surface area contributed by atoms with Crippen molar-refractivity contribution in [2.45, 2.75) is 70.7 Å². The quantitative estimate of drug-likeness (QED) is 0.405. The van der Waals surface area contributed by atoms with Crippen LogP contribution in [0.25, 0.3) is 0 Å². The standard InChI is InChI=1S/C32H42N4O5/c1-6-35(7-2)23-15-13-22(14-16-23)34-29(39)27-32-18-17-31(5,41-32)25(28(38)33-21-11-9-8-10-12-21)26(32)30(40)36(27)24(19-37)20(3)4/h8-16,20,24-27,37H,6-7,17-19H2,1-5H3,(H,33,38)(H,34,39)/t24-,25+,26-,27?,31-,32?/m0/s1. The first-order valence-corrected chi connectivity index (χ1v) is 14.7. The number of ether oxygens (including phenoxy) is 1. The van der Waals surface area contributed by atoms with E-state index in [0.717, 1.165) is 18.8 Å². The van der Waals surface area contributed by atoms with Crippen LogP contribution in [0.3, 0.4) is 0 Å². The van der Waals surface area contributed by atoms with E-state index in [-0.39, 0.29) is 30.2 Å². The first-order valence-electron chi connectivity index (χ1n) is 14.7. The average molecular weight is 563 g/mol. The number of likely N-dealkylation sites (tertiary alicyclic amines) is 1. The molecule has 2 aromatic carbocycles. The van der Waals surface area contributed by atoms with E-state index in [1.807, 2.05) is 63.2 Å². The molecule has 5 rings (SSSR count). The topological polar surface area (TPSA) is 111 Å². The second-order valence-corrected chi connectivity index (χ2v) is 12.0. The highest BCUT2D eigenvalue weighted by atomic mass is 16.5. The third-order valence-corrected chi connectivity index (χ3v) is 9.36. The molecule has 3 aliphatic heterocycles. The van der Waals surface area contributed by atoms with Crippen LogP contribution < -0.4 is 15.5 Å². The maximum atomic E-state index is 14.3. The molecule has 0 aromatic heterocycles. The number of anilines is 3. The molecule has 3 N–H and O–H groups in total. The fraction of sp³-hybridized carbons (Fsp3) is 0.531. The third kappa shape index (κ3) is 4.78. The monoisotopic (exact) mass is 562 g/mol. The molecule has 2 bridgehead atoms. The van der Waals surface area contributed by atoms with Crippen LogP contribution >= 0.6 is 0 Å². The van der Waals surface area contributed by atoms with Crippen molar-refractivity contribution in [3.05, 3.63) is 54.6 Å². The lowest BCUT2D eigenvalue weighted by atomic mass is 9.66. The summed E-state index contributed by atoms with van der Waals surface area (Å²) in [4.78, 5) is 46.0. The number of hydrogen-bond donors (Lipinski definition) is 3. The van der Waals surface area contributed by atoms with Gasteiger partial charge in [-0.2, -0.15) is 0 Å². The summed E-state index contributed by atoms with van der Waals surface area (Å²) in [5.41, 5.74) is 0.251. The summed E-state index contributed by atoms with van der Waals surface area (Å²) in [7, 11) is 0. The van der Waals surface area contributed by atoms with Crippen LogP contribution in [-0.2, 0) is 19.1 Å². The van der Waals surface area contributed by atoms with Crippen molar-refractivity contribution in [2.24, 2.45) is 17.8 Å². The molecule has 6 atom stereocenters. The third-order valence-electron chi connectivity index (χ3n) is 9.36. The number of para-hydroxylation sites is 1. The molecule has 3 amide bonds. The number of benzene rings is 2. The van der Waals surface area contributed by atoms with Crippen LogP contribution in [0.5, 0.6) is 0 Å². The van der Waals surface area contributed by atoms with Crippen molar-refractivity contribution in [3.63, 3.8) is 0 Å². The van der Waals surface area contributed by atoms with Crippen LogP contribution in [0.4, 0.5) is 17.1 Å². The number of aliphatic hydroxyl groups excluding tert-OH is 1. The predicted molar refractivity (Wildman–Crippen MR) is 158 cm³/mol. The largest absolute Gasteiger partial charge is 0.394 e. The molecule has 2 unspecified atom stereocenters. The minimum atomic E-state index is -1.17. The van der Waals surface area contributed by atoms with E-state index in [1.54, 1.807) is 12.1 Å². The Morgan fingerprint density at radius 3 is 2.20 bits per heavy atom. The van der Waals surface area contributed by atoms with E-state index in [2.05, 4.69) is 29.4 Å². The molecule has 41 heavy (non-hydrogen) atoms. The summed E-state index contributed by atoms with van der Waals surface area (Å²) >= 11 is 0. The number of aliphatic hydroxyl groups is 1. The van der Waals surface area contributed by atoms with Gasteiger partial charge < -0.3 is 30.3 Å². The van der Waals surface area contributed by atoms with Crippen molar-refractivity contribution >= 4 is 34.8 Å². The van der Waals surface area contributed by atoms with Gasteiger partial charge in [0.15, 0.2) is 0 Å². The fourth-order valence-corrected chi connectivity index (χ4v) is 7.34. The first kappa shape index (κ1) is 29.1. The van der Waals surface area contributed by atoms with Crippen LogP contribution in [0.2, 0.25) is 0 Å². The highest BCUT2D eigenvalue weighted by molar-refractivity contribution is 6.05. The summed E-state index contributed by atoms with van der Waals surface area (Å²) in [5.74, 6) is -2.71. The molecule has 3 fully saturated rings. The van der Waals surface area contributed by atoms with E-state index < -0.39 is 35.1 Å². The van der Waals surface area contributed by atoms with Gasteiger partial charge in [-0.05, 0) is 75.9 Å². The molecule has 9 heteroatoms. The maximum Gasteiger partial charge on any atom is 0.250 e. The van der Waals surface area contributed by atoms with E-state index in [0.29, 0.717) is 24.2 Å². The van der Waals surface area contributed by atoms with Gasteiger partial charge >= 0.3 is 0 Å². The Kier molecular flexibility index (Phi) is 7.87. The molecule has 3 saturated heterocycles. The summed E-state index contributed by atoms with van der Waals surface area (Å²) < 4.78 is 6.70. The van der Waals surface area contributed by atoms with E-state index in [9.17, 15) is 19.5 Å². The molecule has 1 spiro atoms. The summed E-state index contributed by atoms with van der Waals surface area (Å²) in [5, 5.41) is 16.4. The van der Waals surface area contributed by atoms with Crippen molar-refractivity contribution in [1.29, 1.82) is 0 Å². The Morgan fingerprint density at radius 2 is 1.61 bits per heavy atom. The number of nitrogens with one attached hydrogen (secondary N) is 2. The SMILES string of the molecule is CCN(CC)c1ccc(NC(=O)C2N([C@@H](CO)C(C)C)C(=O)[C@@H]3[C@H](C(=O)Nc4ccccc4)[C@]4(C)CCC23O4)cc1. The Labute approximate surface area is 242 Å². The van der Waals surface area contributed by atoms with Crippen LogP contribution in [0.15, 0.2) is 54.6 Å². The van der Waals surface area contributed by atoms with Gasteiger partial charge in [0.2, 0.25) is 17.7 Å². The lowest BCUT2D eigenvalue weighted by Gasteiger charge is -2.38. The molecule has 9 nitrogen and oxygen atoms in total. The summed E-state index contributed by atoms with van der Waals surface area (Å²) in [6.45, 7) is 11.3. The summed E-state index contributed by atoms with van der Waals surface area (Å²) in [6, 6.07) is 15.2. The van der Waals surface area contributed by atoms with Crippen LogP contribution in [-0.4, -0.2) is 70.7 Å². The molecule has 0 radical (unpaired) electrons. The molecule has 220 valence electrons. The molecular weight excluding hydrogens is 520 g/mol. The minimum absolute atomic E-state index is 0.118. The van der Waals surface area contributed by atoms with E-state index in [4.69, 9.17) is 4.74 Å². The second kappa shape index (κ2) is 11.1. The zero-order chi connectivity index (χ0) is 29.5. The van der Waals surface area contributed by atoms with Crippen molar-refractivity contribution in [3.8, 4) is 0 Å². The van der Waals surface area contributed by atoms with Crippen molar-refractivity contribution in [1.82, 2.24) is 4.90 Å². The Bertz CT molecular complexity index is 1280. The van der Waals surface area contributed by atoms with Gasteiger partial charge in [0.05, 0.1) is 30.1 Å². The van der Waals surface area contributed by atoms with Crippen molar-refractivity contribution in [2.75, 3.05) is 35.2 Å². The molecular formula is C32H42N4O5. The number of hydrogen-bond acceptors (Lipinski definition) is 6. The van der Waals surface area contributed by atoms with E-state index in [1.165, 1.54) is 4.90 Å². The highest BCUT2D eigenvalue weighted by Crippen LogP contribution is 2.63. The lowest BCUT2D eigenvalue weighted by Crippen LogP contribution is -2.57. The predicted octanol–water partition coefficient (Wildman–Crippen LogP) is 3.89. The van der Waals surface area contributed by atoms with Gasteiger partial charge in [-0.25, -0.2) is 0 Å². The first-order chi connectivity index (χ1) is 19.6. The van der Waals surface area contributed by atoms with Gasteiger partial charge in [0.25, 0.3) is 0 Å². The zero-order valence-electron chi connectivity index (χ0n) is 24.6. The van der Waals surface area contributed by atoms with Gasteiger partial charge in [-0.15, -0.1) is 0 Å². The van der Waals surface area contributed by atoms with Gasteiger partial charge in [0, 0.05) is 30.2 Å². The van der Waals surface area contributed by atoms with Gasteiger partial charge in [0.1, 0.15) is 11.6 Å². The summed E-state index contributed by atoms with van der Waals surface area (Å²) in [6.07, 6.45) is 1.02. The number of carbonyl (C=O) groups excluding carboxylic acids is 3. The van der Waals surface area contributed by atoms with Crippen LogP contribution in [0.1, 0.15) is 47.5 Å². The lowest BCUT2D eigenvalue weighted by molar-refractivity contribution is -0.148. The number of amides is 3. The molecule has 3 heterocycles. The number of rotatable bonds is 10. The normalized spacial score (nSPS) is 29.0. The average Bonchev–Trinajstić information content (AvgIpc) is 3.52. The Hall–Kier alpha value is -3.43. The number of fused-ring (bicyclic) bond motifs is 1. The highest BCUT2D eigenvalue weighted by Gasteiger charge is 2.78. The molecule has 0 aliphatic carbocycles. The molecule has 2 aromatic rings. The van der Waals surface area contributed by atoms with Crippen molar-refractivity contribution < 1.29 is 24.2 Å². The Morgan fingerprint density at radius 1 is 1.00 bits per heavy atom. The Balaban J connectivity index is 1.50. The number of carbonyl (C=O) groups is 3. The van der Waals surface area contributed by atoms with Crippen LogP contribution in [0, 0.1) is 17.8 Å². The minimum Gasteiger partial charge on any atom is -0.394 e. The van der Waals surface area contributed by atoms with Gasteiger partial charge in [-0.1, -0.05) is 32.0 Å². The molecule has 0 saturated carbocycles. The maximum absolute atomic E-state index is 14.3. The van der Waals surface area contributed by atoms with Gasteiger partial charge in [-0.3, -0.25) is 14.4 Å². The second-order valence-electron chi connectivity index (χ2n) is 12.0. The zero-order valence-corrected chi connectivity index (χ0v) is 24.6.